The molecule has 0 heterocycles. The molecular weight excluding hydrogens is 266 g/mol. The molecule has 0 spiro atoms. The molecule has 106 valence electrons. The molecule has 0 bridgehead atoms. The van der Waals surface area contributed by atoms with Crippen LogP contribution in [0, 0.1) is 0 Å². The first-order valence-electron chi connectivity index (χ1n) is 6.27. The summed E-state index contributed by atoms with van der Waals surface area (Å²) in [5, 5.41) is 2.92. The summed E-state index contributed by atoms with van der Waals surface area (Å²) in [7, 11) is 3.05. The van der Waals surface area contributed by atoms with Gasteiger partial charge in [0.15, 0.2) is 11.5 Å². The van der Waals surface area contributed by atoms with Crippen molar-refractivity contribution >= 4 is 17.5 Å². The van der Waals surface area contributed by atoms with Crippen molar-refractivity contribution in [1.82, 2.24) is 5.32 Å². The summed E-state index contributed by atoms with van der Waals surface area (Å²) in [6.07, 6.45) is 1.63. The van der Waals surface area contributed by atoms with Crippen molar-refractivity contribution in [2.45, 2.75) is 25.1 Å². The molecule has 1 atom stereocenters. The Balaban J connectivity index is 2.71. The summed E-state index contributed by atoms with van der Waals surface area (Å²) in [4.78, 5) is 12.1. The molecule has 0 saturated heterocycles. The maximum Gasteiger partial charge on any atom is 0.255 e. The zero-order valence-corrected chi connectivity index (χ0v) is 12.3. The van der Waals surface area contributed by atoms with Gasteiger partial charge in [0.25, 0.3) is 5.91 Å². The monoisotopic (exact) mass is 285 g/mol. The average Bonchev–Trinajstić information content (AvgIpc) is 2.45. The fourth-order valence-corrected chi connectivity index (χ4v) is 1.82. The van der Waals surface area contributed by atoms with Crippen LogP contribution in [0.15, 0.2) is 18.2 Å². The lowest BCUT2D eigenvalue weighted by Crippen LogP contribution is -2.26. The minimum atomic E-state index is -0.185. The molecule has 0 fully saturated rings. The van der Waals surface area contributed by atoms with E-state index in [2.05, 4.69) is 5.32 Å². The van der Waals surface area contributed by atoms with Crippen molar-refractivity contribution in [1.29, 1.82) is 0 Å². The molecule has 4 nitrogen and oxygen atoms in total. The summed E-state index contributed by atoms with van der Waals surface area (Å²) >= 11 is 6.00. The minimum Gasteiger partial charge on any atom is -0.493 e. The number of benzene rings is 1. The molecule has 1 unspecified atom stereocenters. The van der Waals surface area contributed by atoms with Crippen LogP contribution in [0.4, 0.5) is 0 Å². The first kappa shape index (κ1) is 15.6. The van der Waals surface area contributed by atoms with Crippen LogP contribution in [0.5, 0.6) is 11.5 Å². The van der Waals surface area contributed by atoms with Gasteiger partial charge in [-0.2, -0.15) is 0 Å². The molecular formula is C14H20ClNO3. The molecule has 5 heteroatoms. The fraction of sp³-hybridized carbons (Fsp3) is 0.500. The molecule has 1 rings (SSSR count). The predicted molar refractivity (Wildman–Crippen MR) is 76.4 cm³/mol. The Morgan fingerprint density at radius 2 is 2.11 bits per heavy atom. The van der Waals surface area contributed by atoms with Crippen molar-refractivity contribution < 1.29 is 14.3 Å². The fourth-order valence-electron chi connectivity index (χ4n) is 1.71. The van der Waals surface area contributed by atoms with Gasteiger partial charge in [0.1, 0.15) is 0 Å². The highest BCUT2D eigenvalue weighted by atomic mass is 35.5. The predicted octanol–water partition coefficient (Wildman–Crippen LogP) is 2.84. The van der Waals surface area contributed by atoms with Gasteiger partial charge in [0, 0.05) is 11.9 Å². The van der Waals surface area contributed by atoms with Gasteiger partial charge in [0.05, 0.1) is 19.8 Å². The number of amides is 1. The number of alkyl halides is 1. The highest BCUT2D eigenvalue weighted by Gasteiger charge is 2.16. The van der Waals surface area contributed by atoms with Crippen LogP contribution >= 0.6 is 11.6 Å². The lowest BCUT2D eigenvalue weighted by atomic mass is 10.1. The van der Waals surface area contributed by atoms with E-state index in [4.69, 9.17) is 21.1 Å². The van der Waals surface area contributed by atoms with E-state index >= 15 is 0 Å². The number of rotatable bonds is 7. The van der Waals surface area contributed by atoms with E-state index in [0.29, 0.717) is 23.6 Å². The zero-order valence-electron chi connectivity index (χ0n) is 11.5. The Kier molecular flexibility index (Phi) is 6.50. The van der Waals surface area contributed by atoms with Gasteiger partial charge in [-0.3, -0.25) is 4.79 Å². The highest BCUT2D eigenvalue weighted by Crippen LogP contribution is 2.30. The molecule has 19 heavy (non-hydrogen) atoms. The van der Waals surface area contributed by atoms with E-state index in [9.17, 15) is 4.79 Å². The lowest BCUT2D eigenvalue weighted by Gasteiger charge is -2.13. The van der Waals surface area contributed by atoms with E-state index in [1.165, 1.54) is 7.11 Å². The molecule has 0 aliphatic rings. The van der Waals surface area contributed by atoms with Crippen molar-refractivity contribution in [3.63, 3.8) is 0 Å². The molecule has 0 radical (unpaired) electrons. The third-order valence-electron chi connectivity index (χ3n) is 2.83. The topological polar surface area (TPSA) is 47.6 Å². The van der Waals surface area contributed by atoms with Crippen LogP contribution in [-0.2, 0) is 0 Å². The third-order valence-corrected chi connectivity index (χ3v) is 3.36. The van der Waals surface area contributed by atoms with E-state index < -0.39 is 0 Å². The minimum absolute atomic E-state index is 0.0903. The van der Waals surface area contributed by atoms with E-state index in [-0.39, 0.29) is 11.3 Å². The first-order valence-corrected chi connectivity index (χ1v) is 6.70. The van der Waals surface area contributed by atoms with Gasteiger partial charge in [-0.25, -0.2) is 0 Å². The largest absolute Gasteiger partial charge is 0.493 e. The molecule has 0 aliphatic heterocycles. The highest BCUT2D eigenvalue weighted by molar-refractivity contribution is 6.20. The van der Waals surface area contributed by atoms with Crippen molar-refractivity contribution in [2.24, 2.45) is 0 Å². The SMILES string of the molecule is CCC(Cl)CCNC(=O)c1cccc(OC)c1OC. The summed E-state index contributed by atoms with van der Waals surface area (Å²) < 4.78 is 10.4. The molecule has 1 aromatic rings. The Hall–Kier alpha value is -1.42. The number of hydrogen-bond donors (Lipinski definition) is 1. The second-order valence-electron chi connectivity index (χ2n) is 4.09. The number of methoxy groups -OCH3 is 2. The molecule has 1 amide bonds. The standard InChI is InChI=1S/C14H20ClNO3/c1-4-10(15)8-9-16-14(17)11-6-5-7-12(18-2)13(11)19-3/h5-7,10H,4,8-9H2,1-3H3,(H,16,17). The smallest absolute Gasteiger partial charge is 0.255 e. The van der Waals surface area contributed by atoms with Crippen LogP contribution < -0.4 is 14.8 Å². The Morgan fingerprint density at radius 1 is 1.37 bits per heavy atom. The summed E-state index contributed by atoms with van der Waals surface area (Å²) in [6.45, 7) is 2.56. The normalized spacial score (nSPS) is 11.8. The van der Waals surface area contributed by atoms with Gasteiger partial charge < -0.3 is 14.8 Å². The van der Waals surface area contributed by atoms with Crippen molar-refractivity contribution in [2.75, 3.05) is 20.8 Å². The van der Waals surface area contributed by atoms with Gasteiger partial charge in [0.2, 0.25) is 0 Å². The summed E-state index contributed by atoms with van der Waals surface area (Å²) in [5.41, 5.74) is 0.462. The number of halogens is 1. The van der Waals surface area contributed by atoms with Crippen LogP contribution in [0.1, 0.15) is 30.1 Å². The number of hydrogen-bond acceptors (Lipinski definition) is 3. The van der Waals surface area contributed by atoms with Crippen LogP contribution in [-0.4, -0.2) is 32.0 Å². The number of carbonyl (C=O) groups excluding carboxylic acids is 1. The Morgan fingerprint density at radius 3 is 2.68 bits per heavy atom. The van der Waals surface area contributed by atoms with Gasteiger partial charge in [-0.05, 0) is 25.0 Å². The molecule has 1 aromatic carbocycles. The second kappa shape index (κ2) is 7.89. The Bertz CT molecular complexity index is 423. The average molecular weight is 286 g/mol. The summed E-state index contributed by atoms with van der Waals surface area (Å²) in [6, 6.07) is 5.21. The molecule has 0 saturated carbocycles. The van der Waals surface area contributed by atoms with Gasteiger partial charge in [-0.15, -0.1) is 11.6 Å². The zero-order chi connectivity index (χ0) is 14.3. The lowest BCUT2D eigenvalue weighted by molar-refractivity contribution is 0.0949. The van der Waals surface area contributed by atoms with Crippen molar-refractivity contribution in [3.8, 4) is 11.5 Å². The van der Waals surface area contributed by atoms with Crippen LogP contribution in [0.2, 0.25) is 0 Å². The summed E-state index contributed by atoms with van der Waals surface area (Å²) in [5.74, 6) is 0.801. The number of para-hydroxylation sites is 1. The third kappa shape index (κ3) is 4.31. The van der Waals surface area contributed by atoms with E-state index in [0.717, 1.165) is 12.8 Å². The van der Waals surface area contributed by atoms with Gasteiger partial charge >= 0.3 is 0 Å². The second-order valence-corrected chi connectivity index (χ2v) is 4.71. The maximum atomic E-state index is 12.1. The number of nitrogens with one attached hydrogen (secondary N) is 1. The Labute approximate surface area is 119 Å². The van der Waals surface area contributed by atoms with E-state index in [1.807, 2.05) is 6.92 Å². The van der Waals surface area contributed by atoms with Crippen LogP contribution in [0.3, 0.4) is 0 Å². The van der Waals surface area contributed by atoms with Gasteiger partial charge in [-0.1, -0.05) is 13.0 Å². The maximum absolute atomic E-state index is 12.1. The number of ether oxygens (including phenoxy) is 2. The molecule has 1 N–H and O–H groups in total. The first-order chi connectivity index (χ1) is 9.13. The number of carbonyl (C=O) groups is 1. The molecule has 0 aromatic heterocycles. The quantitative estimate of drug-likeness (QED) is 0.784. The van der Waals surface area contributed by atoms with Crippen LogP contribution in [0.25, 0.3) is 0 Å². The van der Waals surface area contributed by atoms with E-state index in [1.54, 1.807) is 25.3 Å². The van der Waals surface area contributed by atoms with Crippen molar-refractivity contribution in [3.05, 3.63) is 23.8 Å². The molecule has 0 aliphatic carbocycles.